The summed E-state index contributed by atoms with van der Waals surface area (Å²) in [5.74, 6) is 0.299. The molecule has 1 fully saturated rings. The molecule has 0 aliphatic carbocycles. The summed E-state index contributed by atoms with van der Waals surface area (Å²) in [4.78, 5) is 23.6. The summed E-state index contributed by atoms with van der Waals surface area (Å²) in [6.07, 6.45) is 1.99. The average Bonchev–Trinajstić information content (AvgIpc) is 3.17. The summed E-state index contributed by atoms with van der Waals surface area (Å²) >= 11 is 0. The van der Waals surface area contributed by atoms with Gasteiger partial charge < -0.3 is 0 Å². The Hall–Kier alpha value is -1.42. The predicted molar refractivity (Wildman–Crippen MR) is 109 cm³/mol. The van der Waals surface area contributed by atoms with Gasteiger partial charge in [-0.2, -0.15) is 0 Å². The van der Waals surface area contributed by atoms with Gasteiger partial charge in [-0.3, -0.25) is 0 Å². The molecule has 0 unspecified atom stereocenters. The number of hydrogen-bond donors (Lipinski definition) is 3. The minimum atomic E-state index is -3.19. The molecule has 0 amide bonds. The number of aliphatic hydroxyl groups is 1. The molecule has 0 radical (unpaired) electrons. The number of aromatic nitrogens is 4. The SMILES string of the molecule is CC(C)N(C(C)C)[PH](C)(O)O[C@H]1C[C@H](n2cnc3c(N)ncnc32)O[C@@H]1CO. The second kappa shape index (κ2) is 8.14. The fourth-order valence-electron chi connectivity index (χ4n) is 4.14. The number of nitrogens with two attached hydrogens (primary N) is 1. The van der Waals surface area contributed by atoms with E-state index >= 15 is 0 Å². The molecule has 3 heterocycles. The third kappa shape index (κ3) is 3.98. The number of rotatable bonds is 7. The number of ether oxygens (including phenoxy) is 1. The molecule has 0 saturated carbocycles. The van der Waals surface area contributed by atoms with Gasteiger partial charge in [0, 0.05) is 0 Å². The van der Waals surface area contributed by atoms with Crippen LogP contribution in [-0.4, -0.2) is 71.8 Å². The van der Waals surface area contributed by atoms with Crippen LogP contribution >= 0.6 is 7.87 Å². The Morgan fingerprint density at radius 2 is 2.00 bits per heavy atom. The molecule has 1 saturated heterocycles. The van der Waals surface area contributed by atoms with E-state index in [1.54, 1.807) is 17.6 Å². The van der Waals surface area contributed by atoms with E-state index in [9.17, 15) is 10.00 Å². The average molecular weight is 414 g/mol. The number of aliphatic hydroxyl groups excluding tert-OH is 1. The third-order valence-corrected chi connectivity index (χ3v) is 7.76. The Morgan fingerprint density at radius 3 is 2.61 bits per heavy atom. The molecule has 158 valence electrons. The van der Waals surface area contributed by atoms with Crippen molar-refractivity contribution < 1.29 is 19.3 Å². The maximum atomic E-state index is 11.2. The van der Waals surface area contributed by atoms with E-state index in [2.05, 4.69) is 15.0 Å². The Kier molecular flexibility index (Phi) is 6.19. The van der Waals surface area contributed by atoms with Crippen LogP contribution in [0, 0.1) is 0 Å². The Morgan fingerprint density at radius 1 is 1.32 bits per heavy atom. The van der Waals surface area contributed by atoms with Crippen molar-refractivity contribution >= 4 is 24.8 Å². The number of nitrogen functional groups attached to an aromatic ring is 1. The van der Waals surface area contributed by atoms with E-state index in [-0.39, 0.29) is 18.7 Å². The fraction of sp³-hybridized carbons (Fsp3) is 0.706. The summed E-state index contributed by atoms with van der Waals surface area (Å²) in [7, 11) is -3.19. The van der Waals surface area contributed by atoms with E-state index in [0.29, 0.717) is 23.4 Å². The molecule has 11 heteroatoms. The molecule has 3 atom stereocenters. The van der Waals surface area contributed by atoms with E-state index in [1.165, 1.54) is 6.33 Å². The molecular weight excluding hydrogens is 383 g/mol. The molecule has 1 aliphatic heterocycles. The summed E-state index contributed by atoms with van der Waals surface area (Å²) in [6.45, 7) is 9.68. The fourth-order valence-corrected chi connectivity index (χ4v) is 7.00. The number of imidazole rings is 1. The molecule has 1 aliphatic rings. The van der Waals surface area contributed by atoms with Crippen molar-refractivity contribution in [3.05, 3.63) is 12.7 Å². The van der Waals surface area contributed by atoms with Gasteiger partial charge in [0.2, 0.25) is 0 Å². The number of hydrogen-bond acceptors (Lipinski definition) is 9. The van der Waals surface area contributed by atoms with Crippen molar-refractivity contribution in [2.24, 2.45) is 0 Å². The zero-order chi connectivity index (χ0) is 20.6. The monoisotopic (exact) mass is 414 g/mol. The van der Waals surface area contributed by atoms with Crippen molar-refractivity contribution in [3.8, 4) is 0 Å². The molecule has 3 rings (SSSR count). The molecule has 10 nitrogen and oxygen atoms in total. The first-order valence-electron chi connectivity index (χ1n) is 9.53. The number of fused-ring (bicyclic) bond motifs is 1. The molecule has 2 aromatic rings. The van der Waals surface area contributed by atoms with Gasteiger partial charge >= 0.3 is 165 Å². The van der Waals surface area contributed by atoms with Crippen LogP contribution in [0.5, 0.6) is 0 Å². The van der Waals surface area contributed by atoms with Crippen LogP contribution in [0.4, 0.5) is 5.82 Å². The summed E-state index contributed by atoms with van der Waals surface area (Å²) in [5, 5.41) is 9.81. The molecule has 0 spiro atoms. The van der Waals surface area contributed by atoms with Crippen LogP contribution in [0.1, 0.15) is 40.3 Å². The Bertz CT molecular complexity index is 806. The zero-order valence-corrected chi connectivity index (χ0v) is 18.0. The van der Waals surface area contributed by atoms with Gasteiger partial charge in [0.1, 0.15) is 0 Å². The van der Waals surface area contributed by atoms with E-state index in [1.807, 2.05) is 32.4 Å². The summed E-state index contributed by atoms with van der Waals surface area (Å²) < 4.78 is 16.0. The summed E-state index contributed by atoms with van der Waals surface area (Å²) in [5.41, 5.74) is 6.92. The standard InChI is InChI=1S/C17H31N6O4P/c1-10(2)23(11(3)4)28(5,25)27-12-6-14(26-13(12)7-24)22-9-21-15-16(18)19-8-20-17(15)22/h8-14,24-25,28H,6-7H2,1-5H3,(H2,18,19,20)/t12-,13+,14+/m0/s1. The van der Waals surface area contributed by atoms with Crippen molar-refractivity contribution in [2.45, 2.75) is 64.6 Å². The topological polar surface area (TPSA) is 132 Å². The molecule has 0 bridgehead atoms. The van der Waals surface area contributed by atoms with E-state index in [4.69, 9.17) is 15.0 Å². The van der Waals surface area contributed by atoms with Crippen LogP contribution in [-0.2, 0) is 9.26 Å². The van der Waals surface area contributed by atoms with Crippen LogP contribution in [0.2, 0.25) is 0 Å². The number of nitrogens with zero attached hydrogens (tertiary/aromatic N) is 5. The zero-order valence-electron chi connectivity index (χ0n) is 17.0. The Labute approximate surface area is 165 Å². The summed E-state index contributed by atoms with van der Waals surface area (Å²) in [6, 6.07) is 0.259. The van der Waals surface area contributed by atoms with Crippen LogP contribution < -0.4 is 5.73 Å². The molecular formula is C17H31N6O4P. The minimum absolute atomic E-state index is 0.129. The van der Waals surface area contributed by atoms with Crippen LogP contribution in [0.25, 0.3) is 11.2 Å². The second-order valence-corrected chi connectivity index (χ2v) is 10.4. The first-order chi connectivity index (χ1) is 13.2. The van der Waals surface area contributed by atoms with Crippen molar-refractivity contribution in [1.29, 1.82) is 0 Å². The van der Waals surface area contributed by atoms with Gasteiger partial charge in [-0.25, -0.2) is 0 Å². The van der Waals surface area contributed by atoms with Gasteiger partial charge in [-0.1, -0.05) is 0 Å². The van der Waals surface area contributed by atoms with Gasteiger partial charge in [0.25, 0.3) is 0 Å². The van der Waals surface area contributed by atoms with Gasteiger partial charge in [-0.15, -0.1) is 0 Å². The second-order valence-electron chi connectivity index (χ2n) is 7.82. The molecule has 28 heavy (non-hydrogen) atoms. The van der Waals surface area contributed by atoms with Crippen molar-refractivity contribution in [1.82, 2.24) is 24.2 Å². The first-order valence-corrected chi connectivity index (χ1v) is 11.8. The Balaban J connectivity index is 1.82. The molecule has 4 N–H and O–H groups in total. The predicted octanol–water partition coefficient (Wildman–Crippen LogP) is 1.31. The third-order valence-electron chi connectivity index (χ3n) is 5.02. The van der Waals surface area contributed by atoms with E-state index < -0.39 is 26.3 Å². The first kappa shape index (κ1) is 21.3. The maximum absolute atomic E-state index is 11.2. The van der Waals surface area contributed by atoms with Gasteiger partial charge in [-0.05, 0) is 0 Å². The van der Waals surface area contributed by atoms with E-state index in [0.717, 1.165) is 0 Å². The van der Waals surface area contributed by atoms with Gasteiger partial charge in [0.05, 0.1) is 0 Å². The normalized spacial score (nSPS) is 24.1. The molecule has 2 aromatic heterocycles. The van der Waals surface area contributed by atoms with Crippen LogP contribution in [0.3, 0.4) is 0 Å². The van der Waals surface area contributed by atoms with Gasteiger partial charge in [0.15, 0.2) is 0 Å². The quantitative estimate of drug-likeness (QED) is 0.574. The van der Waals surface area contributed by atoms with Crippen molar-refractivity contribution in [3.63, 3.8) is 0 Å². The van der Waals surface area contributed by atoms with Crippen LogP contribution in [0.15, 0.2) is 12.7 Å². The molecule has 0 aromatic carbocycles. The van der Waals surface area contributed by atoms with Crippen molar-refractivity contribution in [2.75, 3.05) is 19.0 Å². The number of anilines is 1.